The van der Waals surface area contributed by atoms with Gasteiger partial charge in [-0.2, -0.15) is 0 Å². The third kappa shape index (κ3) is 2.52. The van der Waals surface area contributed by atoms with Gasteiger partial charge < -0.3 is 19.3 Å². The van der Waals surface area contributed by atoms with Gasteiger partial charge in [0.05, 0.1) is 12.6 Å². The van der Waals surface area contributed by atoms with Crippen LogP contribution in [0.3, 0.4) is 0 Å². The quantitative estimate of drug-likeness (QED) is 0.613. The van der Waals surface area contributed by atoms with E-state index in [4.69, 9.17) is 14.2 Å². The summed E-state index contributed by atoms with van der Waals surface area (Å²) in [6, 6.07) is -0.278. The molecule has 0 saturated carbocycles. The van der Waals surface area contributed by atoms with Gasteiger partial charge in [0.1, 0.15) is 6.10 Å². The molecule has 0 radical (unpaired) electrons. The van der Waals surface area contributed by atoms with Crippen LogP contribution in [0, 0.1) is 0 Å². The molecule has 2 aliphatic heterocycles. The van der Waals surface area contributed by atoms with Crippen LogP contribution in [-0.2, 0) is 14.2 Å². The lowest BCUT2D eigenvalue weighted by molar-refractivity contribution is -0.288. The third-order valence-corrected chi connectivity index (χ3v) is 4.51. The first-order valence-electron chi connectivity index (χ1n) is 7.33. The van der Waals surface area contributed by atoms with E-state index in [2.05, 4.69) is 0 Å². The minimum Gasteiger partial charge on any atom is -0.449 e. The molecule has 2 heterocycles. The molecule has 0 spiro atoms. The van der Waals surface area contributed by atoms with Crippen molar-refractivity contribution in [2.45, 2.75) is 63.0 Å². The highest BCUT2D eigenvalue weighted by atomic mass is 16.7. The second-order valence-electron chi connectivity index (χ2n) is 5.54. The van der Waals surface area contributed by atoms with Crippen molar-refractivity contribution in [1.29, 1.82) is 0 Å². The standard InChI is InChI=1S/C14H25NO5/c1-4-5-8-20-13(17)15-10-6-7-11(15)12(16)14(9-10,18-2)19-3/h10-12,16H,4-9H2,1-3H3. The molecule has 2 saturated heterocycles. The van der Waals surface area contributed by atoms with Crippen LogP contribution < -0.4 is 0 Å². The van der Waals surface area contributed by atoms with E-state index in [-0.39, 0.29) is 18.2 Å². The molecule has 2 rings (SSSR count). The Labute approximate surface area is 120 Å². The van der Waals surface area contributed by atoms with E-state index < -0.39 is 11.9 Å². The summed E-state index contributed by atoms with van der Waals surface area (Å²) in [6.07, 6.45) is 2.74. The summed E-state index contributed by atoms with van der Waals surface area (Å²) in [6.45, 7) is 2.48. The summed E-state index contributed by atoms with van der Waals surface area (Å²) in [5, 5.41) is 10.5. The first-order chi connectivity index (χ1) is 9.59. The van der Waals surface area contributed by atoms with Crippen molar-refractivity contribution in [3.05, 3.63) is 0 Å². The molecule has 0 aromatic heterocycles. The lowest BCUT2D eigenvalue weighted by Gasteiger charge is -2.47. The van der Waals surface area contributed by atoms with Crippen LogP contribution in [0.15, 0.2) is 0 Å². The highest BCUT2D eigenvalue weighted by Crippen LogP contribution is 2.43. The van der Waals surface area contributed by atoms with Gasteiger partial charge in [0.2, 0.25) is 0 Å². The highest BCUT2D eigenvalue weighted by molar-refractivity contribution is 5.69. The monoisotopic (exact) mass is 287 g/mol. The van der Waals surface area contributed by atoms with Gasteiger partial charge in [0.25, 0.3) is 0 Å². The van der Waals surface area contributed by atoms with E-state index >= 15 is 0 Å². The number of rotatable bonds is 5. The molecule has 3 atom stereocenters. The van der Waals surface area contributed by atoms with E-state index in [1.54, 1.807) is 4.90 Å². The molecule has 0 aliphatic carbocycles. The molecular weight excluding hydrogens is 262 g/mol. The topological polar surface area (TPSA) is 68.2 Å². The molecule has 20 heavy (non-hydrogen) atoms. The van der Waals surface area contributed by atoms with Crippen molar-refractivity contribution in [3.8, 4) is 0 Å². The summed E-state index contributed by atoms with van der Waals surface area (Å²) >= 11 is 0. The van der Waals surface area contributed by atoms with Gasteiger partial charge in [-0.3, -0.25) is 4.90 Å². The summed E-state index contributed by atoms with van der Waals surface area (Å²) in [5.41, 5.74) is 0. The first kappa shape index (κ1) is 15.5. The SMILES string of the molecule is CCCCOC(=O)N1C2CCC1C(O)C(OC)(OC)C2. The summed E-state index contributed by atoms with van der Waals surface area (Å²) < 4.78 is 16.1. The normalized spacial score (nSPS) is 31.4. The van der Waals surface area contributed by atoms with Gasteiger partial charge in [0.15, 0.2) is 5.79 Å². The Hall–Kier alpha value is -0.850. The van der Waals surface area contributed by atoms with E-state index in [1.165, 1.54) is 14.2 Å². The van der Waals surface area contributed by atoms with E-state index in [9.17, 15) is 9.90 Å². The number of fused-ring (bicyclic) bond motifs is 2. The number of unbranched alkanes of at least 4 members (excludes halogenated alkanes) is 1. The number of methoxy groups -OCH3 is 2. The molecule has 0 aromatic carbocycles. The van der Waals surface area contributed by atoms with Gasteiger partial charge in [-0.1, -0.05) is 13.3 Å². The zero-order valence-corrected chi connectivity index (χ0v) is 12.5. The number of carbonyl (C=O) groups is 1. The van der Waals surface area contributed by atoms with Crippen LogP contribution in [0.1, 0.15) is 39.0 Å². The number of aliphatic hydroxyl groups excluding tert-OH is 1. The lowest BCUT2D eigenvalue weighted by Crippen LogP contribution is -2.64. The Kier molecular flexibility index (Phi) is 4.88. The maximum Gasteiger partial charge on any atom is 0.410 e. The molecule has 1 amide bonds. The predicted octanol–water partition coefficient (Wildman–Crippen LogP) is 1.51. The van der Waals surface area contributed by atoms with Gasteiger partial charge in [0, 0.05) is 26.7 Å². The average molecular weight is 287 g/mol. The fourth-order valence-corrected chi connectivity index (χ4v) is 3.32. The minimum absolute atomic E-state index is 0.0115. The van der Waals surface area contributed by atoms with Gasteiger partial charge in [-0.05, 0) is 19.3 Å². The first-order valence-corrected chi connectivity index (χ1v) is 7.33. The molecule has 2 aliphatic rings. The van der Waals surface area contributed by atoms with Gasteiger partial charge >= 0.3 is 6.09 Å². The molecule has 116 valence electrons. The van der Waals surface area contributed by atoms with Gasteiger partial charge in [-0.15, -0.1) is 0 Å². The second-order valence-corrected chi connectivity index (χ2v) is 5.54. The summed E-state index contributed by atoms with van der Waals surface area (Å²) in [4.78, 5) is 13.9. The predicted molar refractivity (Wildman–Crippen MR) is 72.3 cm³/mol. The highest BCUT2D eigenvalue weighted by Gasteiger charge is 2.57. The smallest absolute Gasteiger partial charge is 0.410 e. The number of hydrogen-bond acceptors (Lipinski definition) is 5. The number of piperidine rings is 1. The summed E-state index contributed by atoms with van der Waals surface area (Å²) in [7, 11) is 3.06. The van der Waals surface area contributed by atoms with Crippen molar-refractivity contribution in [2.75, 3.05) is 20.8 Å². The van der Waals surface area contributed by atoms with Crippen LogP contribution >= 0.6 is 0 Å². The Morgan fingerprint density at radius 3 is 2.65 bits per heavy atom. The molecule has 2 fully saturated rings. The Morgan fingerprint density at radius 1 is 1.35 bits per heavy atom. The Bertz CT molecular complexity index is 344. The number of amides is 1. The molecule has 6 heteroatoms. The van der Waals surface area contributed by atoms with Crippen molar-refractivity contribution in [3.63, 3.8) is 0 Å². The number of carbonyl (C=O) groups excluding carboxylic acids is 1. The minimum atomic E-state index is -1.01. The number of ether oxygens (including phenoxy) is 3. The van der Waals surface area contributed by atoms with E-state index in [0.717, 1.165) is 25.7 Å². The maximum atomic E-state index is 12.2. The Balaban J connectivity index is 2.06. The summed E-state index contributed by atoms with van der Waals surface area (Å²) in [5.74, 6) is -1.01. The molecule has 6 nitrogen and oxygen atoms in total. The van der Waals surface area contributed by atoms with Crippen LogP contribution in [0.5, 0.6) is 0 Å². The number of hydrogen-bond donors (Lipinski definition) is 1. The fraction of sp³-hybridized carbons (Fsp3) is 0.929. The molecule has 0 aromatic rings. The van der Waals surface area contributed by atoms with E-state index in [0.29, 0.717) is 13.0 Å². The Morgan fingerprint density at radius 2 is 2.05 bits per heavy atom. The maximum absolute atomic E-state index is 12.2. The van der Waals surface area contributed by atoms with Crippen molar-refractivity contribution in [2.24, 2.45) is 0 Å². The zero-order valence-electron chi connectivity index (χ0n) is 12.5. The van der Waals surface area contributed by atoms with E-state index in [1.807, 2.05) is 6.92 Å². The van der Waals surface area contributed by atoms with Crippen LogP contribution in [-0.4, -0.2) is 60.9 Å². The number of aliphatic hydroxyl groups is 1. The van der Waals surface area contributed by atoms with Crippen molar-refractivity contribution < 1.29 is 24.1 Å². The van der Waals surface area contributed by atoms with Crippen molar-refractivity contribution in [1.82, 2.24) is 4.90 Å². The molecule has 3 unspecified atom stereocenters. The van der Waals surface area contributed by atoms with Crippen LogP contribution in [0.2, 0.25) is 0 Å². The average Bonchev–Trinajstić information content (AvgIpc) is 2.81. The van der Waals surface area contributed by atoms with Crippen molar-refractivity contribution >= 4 is 6.09 Å². The number of nitrogens with zero attached hydrogens (tertiary/aromatic N) is 1. The lowest BCUT2D eigenvalue weighted by atomic mass is 9.93. The van der Waals surface area contributed by atoms with Crippen LogP contribution in [0.4, 0.5) is 4.79 Å². The molecule has 2 bridgehead atoms. The third-order valence-electron chi connectivity index (χ3n) is 4.51. The molecule has 1 N–H and O–H groups in total. The largest absolute Gasteiger partial charge is 0.449 e. The molecular formula is C14H25NO5. The fourth-order valence-electron chi connectivity index (χ4n) is 3.32. The second kappa shape index (κ2) is 6.28. The zero-order chi connectivity index (χ0) is 14.8. The van der Waals surface area contributed by atoms with Gasteiger partial charge in [-0.25, -0.2) is 4.79 Å². The van der Waals surface area contributed by atoms with Crippen LogP contribution in [0.25, 0.3) is 0 Å².